The molecule has 2 saturated heterocycles. The van der Waals surface area contributed by atoms with Gasteiger partial charge in [-0.1, -0.05) is 12.8 Å². The molecule has 0 radical (unpaired) electrons. The van der Waals surface area contributed by atoms with Gasteiger partial charge in [-0.05, 0) is 70.2 Å². The lowest BCUT2D eigenvalue weighted by Crippen LogP contribution is -2.54. The molecule has 2 heterocycles. The summed E-state index contributed by atoms with van der Waals surface area (Å²) in [4.78, 5) is 17.8. The lowest BCUT2D eigenvalue weighted by Gasteiger charge is -2.43. The number of hydrogen-bond acceptors (Lipinski definition) is 2. The Morgan fingerprint density at radius 2 is 1.72 bits per heavy atom. The molecule has 1 amide bonds. The van der Waals surface area contributed by atoms with E-state index in [1.165, 1.54) is 12.8 Å². The van der Waals surface area contributed by atoms with Crippen LogP contribution in [-0.2, 0) is 4.79 Å². The maximum atomic E-state index is 13.4. The molecule has 1 aromatic carbocycles. The molecule has 3 nitrogen and oxygen atoms in total. The first-order chi connectivity index (χ1) is 12.0. The standard InChI is InChI=1S/C21H29FN2O/c1-21(2)14-19-18(24(21)17-11-9-16(22)10-12-17)8-5-13-23(19)20(25)15-6-3-4-7-15/h9-12,15,18-19H,3-8,13-14H2,1-2H3/t18-,19-/m0/s1. The number of fused-ring (bicyclic) bond motifs is 1. The summed E-state index contributed by atoms with van der Waals surface area (Å²) in [5.41, 5.74) is 1.06. The van der Waals surface area contributed by atoms with E-state index in [0.717, 1.165) is 44.3 Å². The van der Waals surface area contributed by atoms with Crippen LogP contribution in [0.3, 0.4) is 0 Å². The largest absolute Gasteiger partial charge is 0.361 e. The van der Waals surface area contributed by atoms with Crippen molar-refractivity contribution in [3.05, 3.63) is 30.1 Å². The number of rotatable bonds is 2. The molecule has 0 bridgehead atoms. The summed E-state index contributed by atoms with van der Waals surface area (Å²) in [5.74, 6) is 0.449. The Hall–Kier alpha value is -1.58. The smallest absolute Gasteiger partial charge is 0.226 e. The van der Waals surface area contributed by atoms with Crippen molar-refractivity contribution in [2.24, 2.45) is 5.92 Å². The molecule has 1 aliphatic carbocycles. The van der Waals surface area contributed by atoms with E-state index in [-0.39, 0.29) is 17.3 Å². The van der Waals surface area contributed by atoms with E-state index in [1.54, 1.807) is 12.1 Å². The first kappa shape index (κ1) is 16.9. The number of halogens is 1. The molecule has 25 heavy (non-hydrogen) atoms. The highest BCUT2D eigenvalue weighted by Crippen LogP contribution is 2.44. The normalized spacial score (nSPS) is 29.1. The minimum absolute atomic E-state index is 0.0221. The van der Waals surface area contributed by atoms with Gasteiger partial charge in [0.15, 0.2) is 0 Å². The van der Waals surface area contributed by atoms with E-state index in [0.29, 0.717) is 18.0 Å². The van der Waals surface area contributed by atoms with Crippen LogP contribution in [0.15, 0.2) is 24.3 Å². The number of anilines is 1. The highest BCUT2D eigenvalue weighted by atomic mass is 19.1. The van der Waals surface area contributed by atoms with Crippen molar-refractivity contribution in [1.29, 1.82) is 0 Å². The molecule has 0 spiro atoms. The quantitative estimate of drug-likeness (QED) is 0.796. The van der Waals surface area contributed by atoms with Crippen LogP contribution < -0.4 is 4.90 Å². The fourth-order valence-corrected chi connectivity index (χ4v) is 5.47. The Morgan fingerprint density at radius 3 is 2.40 bits per heavy atom. The van der Waals surface area contributed by atoms with Crippen LogP contribution in [0.4, 0.5) is 10.1 Å². The minimum atomic E-state index is -0.195. The van der Waals surface area contributed by atoms with Crippen LogP contribution in [0.5, 0.6) is 0 Å². The summed E-state index contributed by atoms with van der Waals surface area (Å²) in [5, 5.41) is 0. The Kier molecular flexibility index (Phi) is 4.25. The van der Waals surface area contributed by atoms with Gasteiger partial charge in [0.25, 0.3) is 0 Å². The van der Waals surface area contributed by atoms with Crippen molar-refractivity contribution in [3.63, 3.8) is 0 Å². The SMILES string of the molecule is CC1(C)C[C@H]2[C@H](CCCN2C(=O)C2CCCC2)N1c1ccc(F)cc1. The number of nitrogens with zero attached hydrogens (tertiary/aromatic N) is 2. The van der Waals surface area contributed by atoms with Gasteiger partial charge in [0.05, 0.1) is 12.1 Å². The van der Waals surface area contributed by atoms with Gasteiger partial charge in [0, 0.05) is 23.7 Å². The predicted octanol–water partition coefficient (Wildman–Crippen LogP) is 4.36. The predicted molar refractivity (Wildman–Crippen MR) is 98.1 cm³/mol. The van der Waals surface area contributed by atoms with Gasteiger partial charge in [-0.15, -0.1) is 0 Å². The number of carbonyl (C=O) groups is 1. The van der Waals surface area contributed by atoms with Gasteiger partial charge in [-0.25, -0.2) is 4.39 Å². The van der Waals surface area contributed by atoms with Crippen LogP contribution in [-0.4, -0.2) is 35.0 Å². The summed E-state index contributed by atoms with van der Waals surface area (Å²) >= 11 is 0. The summed E-state index contributed by atoms with van der Waals surface area (Å²) in [6, 6.07) is 7.50. The molecular formula is C21H29FN2O. The minimum Gasteiger partial charge on any atom is -0.361 e. The second-order valence-electron chi connectivity index (χ2n) is 8.65. The number of hydrogen-bond donors (Lipinski definition) is 0. The van der Waals surface area contributed by atoms with Crippen LogP contribution in [0.2, 0.25) is 0 Å². The number of amides is 1. The van der Waals surface area contributed by atoms with Crippen LogP contribution in [0.1, 0.15) is 58.8 Å². The van der Waals surface area contributed by atoms with Gasteiger partial charge >= 0.3 is 0 Å². The fourth-order valence-electron chi connectivity index (χ4n) is 5.47. The van der Waals surface area contributed by atoms with Crippen molar-refractivity contribution >= 4 is 11.6 Å². The highest BCUT2D eigenvalue weighted by Gasteiger charge is 2.51. The zero-order valence-electron chi connectivity index (χ0n) is 15.4. The molecule has 4 heteroatoms. The molecule has 3 fully saturated rings. The highest BCUT2D eigenvalue weighted by molar-refractivity contribution is 5.80. The lowest BCUT2D eigenvalue weighted by atomic mass is 9.92. The molecule has 2 atom stereocenters. The van der Waals surface area contributed by atoms with E-state index in [9.17, 15) is 9.18 Å². The Bertz CT molecular complexity index is 636. The topological polar surface area (TPSA) is 23.6 Å². The molecule has 3 aliphatic rings. The van der Waals surface area contributed by atoms with Gasteiger partial charge in [-0.3, -0.25) is 4.79 Å². The van der Waals surface area contributed by atoms with E-state index in [1.807, 2.05) is 12.1 Å². The van der Waals surface area contributed by atoms with E-state index in [2.05, 4.69) is 23.6 Å². The molecule has 4 rings (SSSR count). The van der Waals surface area contributed by atoms with Gasteiger partial charge < -0.3 is 9.80 Å². The third kappa shape index (κ3) is 2.94. The van der Waals surface area contributed by atoms with Gasteiger partial charge in [0.2, 0.25) is 5.91 Å². The van der Waals surface area contributed by atoms with Crippen molar-refractivity contribution in [2.75, 3.05) is 11.4 Å². The zero-order chi connectivity index (χ0) is 17.6. The molecular weight excluding hydrogens is 315 g/mol. The lowest BCUT2D eigenvalue weighted by molar-refractivity contribution is -0.139. The molecule has 0 aromatic heterocycles. The summed E-state index contributed by atoms with van der Waals surface area (Å²) in [6.45, 7) is 5.42. The number of likely N-dealkylation sites (tertiary alicyclic amines) is 1. The van der Waals surface area contributed by atoms with Crippen LogP contribution in [0.25, 0.3) is 0 Å². The van der Waals surface area contributed by atoms with Gasteiger partial charge in [0.1, 0.15) is 5.82 Å². The maximum Gasteiger partial charge on any atom is 0.226 e. The molecule has 2 aliphatic heterocycles. The zero-order valence-corrected chi connectivity index (χ0v) is 15.4. The van der Waals surface area contributed by atoms with Crippen LogP contribution >= 0.6 is 0 Å². The second kappa shape index (κ2) is 6.30. The first-order valence-electron chi connectivity index (χ1n) is 9.83. The average molecular weight is 344 g/mol. The molecule has 0 N–H and O–H groups in total. The van der Waals surface area contributed by atoms with Crippen molar-refractivity contribution in [2.45, 2.75) is 76.4 Å². The third-order valence-corrected chi connectivity index (χ3v) is 6.53. The Morgan fingerprint density at radius 1 is 1.04 bits per heavy atom. The molecule has 136 valence electrons. The summed E-state index contributed by atoms with van der Waals surface area (Å²) in [7, 11) is 0. The second-order valence-corrected chi connectivity index (χ2v) is 8.65. The molecule has 1 aromatic rings. The van der Waals surface area contributed by atoms with Crippen LogP contribution in [0, 0.1) is 11.7 Å². The fraction of sp³-hybridized carbons (Fsp3) is 0.667. The molecule has 1 saturated carbocycles. The third-order valence-electron chi connectivity index (χ3n) is 6.53. The number of carbonyl (C=O) groups excluding carboxylic acids is 1. The van der Waals surface area contributed by atoms with Gasteiger partial charge in [-0.2, -0.15) is 0 Å². The maximum absolute atomic E-state index is 13.4. The summed E-state index contributed by atoms with van der Waals surface area (Å²) < 4.78 is 13.4. The number of benzene rings is 1. The van der Waals surface area contributed by atoms with Crippen molar-refractivity contribution < 1.29 is 9.18 Å². The first-order valence-corrected chi connectivity index (χ1v) is 9.83. The van der Waals surface area contributed by atoms with Crippen molar-refractivity contribution in [3.8, 4) is 0 Å². The Balaban J connectivity index is 1.61. The van der Waals surface area contributed by atoms with Crippen molar-refractivity contribution in [1.82, 2.24) is 4.90 Å². The average Bonchev–Trinajstić information content (AvgIpc) is 3.20. The number of piperidine rings is 1. The molecule has 0 unspecified atom stereocenters. The monoisotopic (exact) mass is 344 g/mol. The Labute approximate surface area is 150 Å². The van der Waals surface area contributed by atoms with E-state index >= 15 is 0 Å². The van der Waals surface area contributed by atoms with E-state index < -0.39 is 0 Å². The summed E-state index contributed by atoms with van der Waals surface area (Å²) in [6.07, 6.45) is 7.70. The van der Waals surface area contributed by atoms with E-state index in [4.69, 9.17) is 0 Å².